The maximum absolute atomic E-state index is 12.8. The Kier molecular flexibility index (Phi) is 8.11. The zero-order chi connectivity index (χ0) is 18.7. The molecule has 1 saturated carbocycles. The van der Waals surface area contributed by atoms with Gasteiger partial charge in [-0.15, -0.1) is 12.4 Å². The molecule has 1 atom stereocenters. The van der Waals surface area contributed by atoms with Crippen molar-refractivity contribution < 1.29 is 13.2 Å². The molecule has 0 aliphatic heterocycles. The Bertz CT molecular complexity index is 698. The summed E-state index contributed by atoms with van der Waals surface area (Å²) in [6, 6.07) is 6.65. The van der Waals surface area contributed by atoms with Gasteiger partial charge in [0.2, 0.25) is 5.91 Å². The summed E-state index contributed by atoms with van der Waals surface area (Å²) >= 11 is 0. The van der Waals surface area contributed by atoms with Crippen molar-refractivity contribution in [3.63, 3.8) is 0 Å². The van der Waals surface area contributed by atoms with E-state index in [9.17, 15) is 13.2 Å². The standard InChI is InChI=1S/C19H30N2O3S.ClH/c1-15(16-7-9-17(10-8-16)25(3,23)24)21(2)18(22)13-19(14-20)11-5-4-6-12-19;/h7-10,15H,4-6,11-14,20H2,1-3H3;1H. The van der Waals surface area contributed by atoms with Crippen LogP contribution >= 0.6 is 12.4 Å². The third-order valence-electron chi connectivity index (χ3n) is 5.64. The van der Waals surface area contributed by atoms with Gasteiger partial charge in [0.05, 0.1) is 10.9 Å². The summed E-state index contributed by atoms with van der Waals surface area (Å²) in [5, 5.41) is 0. The second-order valence-corrected chi connectivity index (χ2v) is 9.48. The van der Waals surface area contributed by atoms with Crippen LogP contribution in [-0.2, 0) is 14.6 Å². The van der Waals surface area contributed by atoms with E-state index in [-0.39, 0.29) is 29.8 Å². The first-order valence-corrected chi connectivity index (χ1v) is 10.8. The highest BCUT2D eigenvalue weighted by Crippen LogP contribution is 2.39. The zero-order valence-electron chi connectivity index (χ0n) is 15.9. The highest BCUT2D eigenvalue weighted by Gasteiger charge is 2.34. The number of benzene rings is 1. The Balaban J connectivity index is 0.00000338. The van der Waals surface area contributed by atoms with E-state index in [0.717, 1.165) is 31.2 Å². The number of rotatable bonds is 6. The van der Waals surface area contributed by atoms with Gasteiger partial charge in [-0.3, -0.25) is 4.79 Å². The van der Waals surface area contributed by atoms with Crippen molar-refractivity contribution in [2.75, 3.05) is 19.8 Å². The van der Waals surface area contributed by atoms with Gasteiger partial charge in [-0.05, 0) is 49.4 Å². The molecule has 1 fully saturated rings. The SMILES string of the molecule is CC(c1ccc(S(C)(=O)=O)cc1)N(C)C(=O)CC1(CN)CCCCC1.Cl. The summed E-state index contributed by atoms with van der Waals surface area (Å²) < 4.78 is 23.1. The summed E-state index contributed by atoms with van der Waals surface area (Å²) in [7, 11) is -1.40. The molecule has 1 aliphatic carbocycles. The van der Waals surface area contributed by atoms with Crippen LogP contribution in [-0.4, -0.2) is 39.1 Å². The number of hydrogen-bond acceptors (Lipinski definition) is 4. The molecule has 5 nitrogen and oxygen atoms in total. The molecule has 1 aliphatic rings. The van der Waals surface area contributed by atoms with Crippen molar-refractivity contribution in [3.8, 4) is 0 Å². The van der Waals surface area contributed by atoms with Gasteiger partial charge in [0, 0.05) is 19.7 Å². The number of halogens is 1. The molecule has 1 aromatic carbocycles. The van der Waals surface area contributed by atoms with Crippen LogP contribution < -0.4 is 5.73 Å². The summed E-state index contributed by atoms with van der Waals surface area (Å²) in [6.45, 7) is 2.52. The van der Waals surface area contributed by atoms with Crippen molar-refractivity contribution in [1.82, 2.24) is 4.90 Å². The lowest BCUT2D eigenvalue weighted by molar-refractivity contribution is -0.134. The monoisotopic (exact) mass is 402 g/mol. The molecule has 1 amide bonds. The molecule has 0 spiro atoms. The first kappa shape index (κ1) is 22.9. The third kappa shape index (κ3) is 5.44. The average Bonchev–Trinajstić information content (AvgIpc) is 2.60. The van der Waals surface area contributed by atoms with Crippen molar-refractivity contribution >= 4 is 28.2 Å². The Morgan fingerprint density at radius 3 is 2.19 bits per heavy atom. The van der Waals surface area contributed by atoms with Crippen LogP contribution in [0, 0.1) is 5.41 Å². The Hall–Kier alpha value is -1.11. The van der Waals surface area contributed by atoms with Gasteiger partial charge in [-0.25, -0.2) is 8.42 Å². The van der Waals surface area contributed by atoms with E-state index in [0.29, 0.717) is 17.9 Å². The lowest BCUT2D eigenvalue weighted by atomic mass is 9.71. The summed E-state index contributed by atoms with van der Waals surface area (Å²) in [5.41, 5.74) is 6.88. The molecular weight excluding hydrogens is 372 g/mol. The maximum atomic E-state index is 12.8. The lowest BCUT2D eigenvalue weighted by Gasteiger charge is -2.37. The molecule has 0 saturated heterocycles. The minimum absolute atomic E-state index is 0. The van der Waals surface area contributed by atoms with Crippen LogP contribution in [0.1, 0.15) is 57.1 Å². The van der Waals surface area contributed by atoms with Gasteiger partial charge >= 0.3 is 0 Å². The Morgan fingerprint density at radius 1 is 1.19 bits per heavy atom. The van der Waals surface area contributed by atoms with E-state index in [1.54, 1.807) is 29.2 Å². The highest BCUT2D eigenvalue weighted by atomic mass is 35.5. The van der Waals surface area contributed by atoms with Crippen molar-refractivity contribution in [2.45, 2.75) is 56.4 Å². The van der Waals surface area contributed by atoms with Crippen LogP contribution in [0.4, 0.5) is 0 Å². The summed E-state index contributed by atoms with van der Waals surface area (Å²) in [5.74, 6) is 0.104. The highest BCUT2D eigenvalue weighted by molar-refractivity contribution is 7.90. The molecule has 7 heteroatoms. The fourth-order valence-electron chi connectivity index (χ4n) is 3.63. The third-order valence-corrected chi connectivity index (χ3v) is 6.77. The average molecular weight is 403 g/mol. The van der Waals surface area contributed by atoms with Gasteiger partial charge in [0.15, 0.2) is 9.84 Å². The molecule has 0 bridgehead atoms. The number of amides is 1. The topological polar surface area (TPSA) is 80.5 Å². The largest absolute Gasteiger partial charge is 0.339 e. The second kappa shape index (κ2) is 9.20. The second-order valence-electron chi connectivity index (χ2n) is 7.46. The van der Waals surface area contributed by atoms with Crippen LogP contribution in [0.5, 0.6) is 0 Å². The predicted molar refractivity (Wildman–Crippen MR) is 107 cm³/mol. The molecule has 2 rings (SSSR count). The van der Waals surface area contributed by atoms with Crippen LogP contribution in [0.15, 0.2) is 29.2 Å². The van der Waals surface area contributed by atoms with Gasteiger partial charge in [-0.1, -0.05) is 31.4 Å². The smallest absolute Gasteiger partial charge is 0.223 e. The molecule has 2 N–H and O–H groups in total. The predicted octanol–water partition coefficient (Wildman–Crippen LogP) is 3.33. The number of nitrogens with zero attached hydrogens (tertiary/aromatic N) is 1. The fraction of sp³-hybridized carbons (Fsp3) is 0.632. The van der Waals surface area contributed by atoms with Crippen molar-refractivity contribution in [1.29, 1.82) is 0 Å². The molecule has 26 heavy (non-hydrogen) atoms. The van der Waals surface area contributed by atoms with Crippen LogP contribution in [0.25, 0.3) is 0 Å². The van der Waals surface area contributed by atoms with E-state index in [4.69, 9.17) is 5.73 Å². The van der Waals surface area contributed by atoms with E-state index in [1.807, 2.05) is 14.0 Å². The molecule has 0 radical (unpaired) electrons. The van der Waals surface area contributed by atoms with E-state index >= 15 is 0 Å². The number of nitrogens with two attached hydrogens (primary N) is 1. The van der Waals surface area contributed by atoms with Gasteiger partial charge in [-0.2, -0.15) is 0 Å². The summed E-state index contributed by atoms with van der Waals surface area (Å²) in [6.07, 6.45) is 7.27. The maximum Gasteiger partial charge on any atom is 0.223 e. The normalized spacial score (nSPS) is 17.8. The molecule has 1 aromatic rings. The first-order chi connectivity index (χ1) is 11.7. The Labute approximate surface area is 163 Å². The van der Waals surface area contributed by atoms with E-state index < -0.39 is 9.84 Å². The number of sulfone groups is 1. The zero-order valence-corrected chi connectivity index (χ0v) is 17.5. The van der Waals surface area contributed by atoms with E-state index in [2.05, 4.69) is 0 Å². The first-order valence-electron chi connectivity index (χ1n) is 8.94. The lowest BCUT2D eigenvalue weighted by Crippen LogP contribution is -2.40. The number of carbonyl (C=O) groups is 1. The molecular formula is C19H31ClN2O3S. The van der Waals surface area contributed by atoms with Gasteiger partial charge in [0.1, 0.15) is 0 Å². The van der Waals surface area contributed by atoms with Crippen molar-refractivity contribution in [3.05, 3.63) is 29.8 Å². The van der Waals surface area contributed by atoms with Crippen LogP contribution in [0.2, 0.25) is 0 Å². The minimum Gasteiger partial charge on any atom is -0.339 e. The van der Waals surface area contributed by atoms with Crippen molar-refractivity contribution in [2.24, 2.45) is 11.1 Å². The quantitative estimate of drug-likeness (QED) is 0.791. The van der Waals surface area contributed by atoms with Crippen LogP contribution in [0.3, 0.4) is 0 Å². The minimum atomic E-state index is -3.21. The Morgan fingerprint density at radius 2 is 1.73 bits per heavy atom. The van der Waals surface area contributed by atoms with Gasteiger partial charge < -0.3 is 10.6 Å². The summed E-state index contributed by atoms with van der Waals surface area (Å²) in [4.78, 5) is 14.8. The molecule has 0 heterocycles. The van der Waals surface area contributed by atoms with Gasteiger partial charge in [0.25, 0.3) is 0 Å². The molecule has 148 valence electrons. The number of hydrogen-bond donors (Lipinski definition) is 1. The molecule has 0 aromatic heterocycles. The fourth-order valence-corrected chi connectivity index (χ4v) is 4.26. The molecule has 1 unspecified atom stereocenters. The van der Waals surface area contributed by atoms with E-state index in [1.165, 1.54) is 12.7 Å². The number of carbonyl (C=O) groups excluding carboxylic acids is 1.